The molecule has 144 valence electrons. The zero-order chi connectivity index (χ0) is 19.8. The molecule has 6 heteroatoms. The van der Waals surface area contributed by atoms with Gasteiger partial charge in [-0.3, -0.25) is 15.0 Å². The van der Waals surface area contributed by atoms with Crippen molar-refractivity contribution in [1.82, 2.24) is 25.3 Å². The standard InChI is InChI=1S/C23H21N5O/c1-15-13-21(26-24-15)23(29)28-12-11-20-19(14-28)22(27-25-20)18-9-7-17(8-10-18)16-5-3-2-4-6-16/h2-10,13H,11-12,14H2,1H3,(H,24,26)(H,25,27). The number of aromatic amines is 2. The molecule has 2 aromatic carbocycles. The van der Waals surface area contributed by atoms with E-state index in [1.54, 1.807) is 6.07 Å². The van der Waals surface area contributed by atoms with Gasteiger partial charge in [0.25, 0.3) is 5.91 Å². The van der Waals surface area contributed by atoms with Gasteiger partial charge in [0, 0.05) is 35.5 Å². The van der Waals surface area contributed by atoms with Crippen LogP contribution in [-0.2, 0) is 13.0 Å². The van der Waals surface area contributed by atoms with Crippen molar-refractivity contribution < 1.29 is 4.79 Å². The predicted octanol–water partition coefficient (Wildman–Crippen LogP) is 3.97. The third-order valence-corrected chi connectivity index (χ3v) is 5.41. The highest BCUT2D eigenvalue weighted by atomic mass is 16.2. The maximum absolute atomic E-state index is 12.8. The fraction of sp³-hybridized carbons (Fsp3) is 0.174. The first-order valence-electron chi connectivity index (χ1n) is 9.72. The second-order valence-corrected chi connectivity index (χ2v) is 7.39. The normalized spacial score (nSPS) is 13.3. The molecule has 3 heterocycles. The van der Waals surface area contributed by atoms with E-state index in [9.17, 15) is 4.79 Å². The summed E-state index contributed by atoms with van der Waals surface area (Å²) in [6, 6.07) is 20.5. The minimum absolute atomic E-state index is 0.0495. The van der Waals surface area contributed by atoms with E-state index in [0.717, 1.165) is 34.6 Å². The van der Waals surface area contributed by atoms with Gasteiger partial charge in [-0.05, 0) is 24.1 Å². The Morgan fingerprint density at radius 3 is 2.38 bits per heavy atom. The Balaban J connectivity index is 1.41. The summed E-state index contributed by atoms with van der Waals surface area (Å²) >= 11 is 0. The van der Waals surface area contributed by atoms with Crippen LogP contribution in [0.5, 0.6) is 0 Å². The number of benzene rings is 2. The molecule has 5 rings (SSSR count). The molecule has 4 aromatic rings. The number of H-pyrrole nitrogens is 2. The largest absolute Gasteiger partial charge is 0.332 e. The fourth-order valence-corrected chi connectivity index (χ4v) is 3.85. The Hall–Kier alpha value is -3.67. The van der Waals surface area contributed by atoms with Crippen LogP contribution in [0.25, 0.3) is 22.4 Å². The lowest BCUT2D eigenvalue weighted by Crippen LogP contribution is -2.36. The van der Waals surface area contributed by atoms with Gasteiger partial charge in [0.15, 0.2) is 0 Å². The number of nitrogens with zero attached hydrogens (tertiary/aromatic N) is 3. The Morgan fingerprint density at radius 1 is 0.931 bits per heavy atom. The summed E-state index contributed by atoms with van der Waals surface area (Å²) in [4.78, 5) is 14.6. The predicted molar refractivity (Wildman–Crippen MR) is 111 cm³/mol. The van der Waals surface area contributed by atoms with Crippen molar-refractivity contribution in [3.8, 4) is 22.4 Å². The second kappa shape index (κ2) is 7.05. The van der Waals surface area contributed by atoms with Crippen LogP contribution in [0.3, 0.4) is 0 Å². The lowest BCUT2D eigenvalue weighted by Gasteiger charge is -2.26. The Bertz CT molecular complexity index is 1160. The van der Waals surface area contributed by atoms with E-state index in [4.69, 9.17) is 0 Å². The average Bonchev–Trinajstić information content (AvgIpc) is 3.40. The van der Waals surface area contributed by atoms with Crippen LogP contribution in [-0.4, -0.2) is 37.7 Å². The number of amides is 1. The highest BCUT2D eigenvalue weighted by Crippen LogP contribution is 2.30. The van der Waals surface area contributed by atoms with E-state index < -0.39 is 0 Å². The average molecular weight is 383 g/mol. The molecule has 6 nitrogen and oxygen atoms in total. The van der Waals surface area contributed by atoms with Crippen LogP contribution >= 0.6 is 0 Å². The molecule has 0 fully saturated rings. The molecule has 0 unspecified atom stereocenters. The zero-order valence-electron chi connectivity index (χ0n) is 16.1. The first-order chi connectivity index (χ1) is 14.2. The Labute approximate surface area is 168 Å². The van der Waals surface area contributed by atoms with Crippen molar-refractivity contribution in [1.29, 1.82) is 0 Å². The monoisotopic (exact) mass is 383 g/mol. The molecule has 0 aliphatic carbocycles. The third-order valence-electron chi connectivity index (χ3n) is 5.41. The summed E-state index contributed by atoms with van der Waals surface area (Å²) in [6.07, 6.45) is 0.763. The molecule has 1 aliphatic rings. The van der Waals surface area contributed by atoms with Gasteiger partial charge in [-0.1, -0.05) is 54.6 Å². The molecule has 1 amide bonds. The highest BCUT2D eigenvalue weighted by molar-refractivity contribution is 5.92. The van der Waals surface area contributed by atoms with Crippen LogP contribution in [0.15, 0.2) is 60.7 Å². The molecular formula is C23H21N5O. The fourth-order valence-electron chi connectivity index (χ4n) is 3.85. The number of hydrogen-bond donors (Lipinski definition) is 2. The number of rotatable bonds is 3. The van der Waals surface area contributed by atoms with E-state index in [2.05, 4.69) is 56.8 Å². The van der Waals surface area contributed by atoms with Crippen LogP contribution in [0.1, 0.15) is 27.4 Å². The SMILES string of the molecule is Cc1cc(C(=O)N2CCc3[nH]nc(-c4ccc(-c5ccccc5)cc4)c3C2)n[nH]1. The van der Waals surface area contributed by atoms with Gasteiger partial charge < -0.3 is 4.90 Å². The molecule has 29 heavy (non-hydrogen) atoms. The van der Waals surface area contributed by atoms with Gasteiger partial charge in [0.1, 0.15) is 5.69 Å². The van der Waals surface area contributed by atoms with Gasteiger partial charge in [-0.2, -0.15) is 10.2 Å². The first kappa shape index (κ1) is 17.4. The van der Waals surface area contributed by atoms with E-state index in [1.807, 2.05) is 30.0 Å². The van der Waals surface area contributed by atoms with Crippen LogP contribution in [0, 0.1) is 6.92 Å². The molecule has 2 aromatic heterocycles. The molecule has 1 aliphatic heterocycles. The molecule has 0 saturated carbocycles. The topological polar surface area (TPSA) is 77.7 Å². The molecule has 0 atom stereocenters. The summed E-state index contributed by atoms with van der Waals surface area (Å²) < 4.78 is 0. The lowest BCUT2D eigenvalue weighted by atomic mass is 9.98. The molecular weight excluding hydrogens is 362 g/mol. The van der Waals surface area contributed by atoms with Gasteiger partial charge in [-0.25, -0.2) is 0 Å². The first-order valence-corrected chi connectivity index (χ1v) is 9.72. The van der Waals surface area contributed by atoms with Crippen LogP contribution in [0.4, 0.5) is 0 Å². The van der Waals surface area contributed by atoms with Crippen molar-refractivity contribution in [2.24, 2.45) is 0 Å². The van der Waals surface area contributed by atoms with E-state index in [-0.39, 0.29) is 5.91 Å². The number of aryl methyl sites for hydroxylation is 1. The van der Waals surface area contributed by atoms with Crippen molar-refractivity contribution >= 4 is 5.91 Å². The van der Waals surface area contributed by atoms with Crippen molar-refractivity contribution in [2.75, 3.05) is 6.54 Å². The third kappa shape index (κ3) is 3.23. The van der Waals surface area contributed by atoms with E-state index >= 15 is 0 Å². The summed E-state index contributed by atoms with van der Waals surface area (Å²) in [7, 11) is 0. The molecule has 0 spiro atoms. The van der Waals surface area contributed by atoms with Gasteiger partial charge in [0.2, 0.25) is 0 Å². The number of carbonyl (C=O) groups is 1. The number of aromatic nitrogens is 4. The van der Waals surface area contributed by atoms with E-state index in [0.29, 0.717) is 18.8 Å². The van der Waals surface area contributed by atoms with Crippen LogP contribution < -0.4 is 0 Å². The molecule has 0 bridgehead atoms. The van der Waals surface area contributed by atoms with Gasteiger partial charge >= 0.3 is 0 Å². The maximum atomic E-state index is 12.8. The Kier molecular flexibility index (Phi) is 4.24. The van der Waals surface area contributed by atoms with Crippen molar-refractivity contribution in [2.45, 2.75) is 19.9 Å². The van der Waals surface area contributed by atoms with Gasteiger partial charge in [0.05, 0.1) is 12.2 Å². The van der Waals surface area contributed by atoms with Crippen LogP contribution in [0.2, 0.25) is 0 Å². The summed E-state index contributed by atoms with van der Waals surface area (Å²) in [5, 5.41) is 14.7. The summed E-state index contributed by atoms with van der Waals surface area (Å²) in [6.45, 7) is 3.09. The molecule has 2 N–H and O–H groups in total. The number of nitrogens with one attached hydrogen (secondary N) is 2. The minimum atomic E-state index is -0.0495. The second-order valence-electron chi connectivity index (χ2n) is 7.39. The Morgan fingerprint density at radius 2 is 1.66 bits per heavy atom. The summed E-state index contributed by atoms with van der Waals surface area (Å²) in [5.74, 6) is -0.0495. The maximum Gasteiger partial charge on any atom is 0.274 e. The molecule has 0 saturated heterocycles. The van der Waals surface area contributed by atoms with Crippen molar-refractivity contribution in [3.05, 3.63) is 83.3 Å². The minimum Gasteiger partial charge on any atom is -0.332 e. The summed E-state index contributed by atoms with van der Waals surface area (Å²) in [5.41, 5.74) is 7.86. The molecule has 0 radical (unpaired) electrons. The zero-order valence-corrected chi connectivity index (χ0v) is 16.1. The highest BCUT2D eigenvalue weighted by Gasteiger charge is 2.27. The number of hydrogen-bond acceptors (Lipinski definition) is 3. The quantitative estimate of drug-likeness (QED) is 0.562. The van der Waals surface area contributed by atoms with Gasteiger partial charge in [-0.15, -0.1) is 0 Å². The smallest absolute Gasteiger partial charge is 0.274 e. The number of fused-ring (bicyclic) bond motifs is 1. The van der Waals surface area contributed by atoms with Crippen molar-refractivity contribution in [3.63, 3.8) is 0 Å². The lowest BCUT2D eigenvalue weighted by molar-refractivity contribution is 0.0728. The number of carbonyl (C=O) groups excluding carboxylic acids is 1. The van der Waals surface area contributed by atoms with E-state index in [1.165, 1.54) is 11.1 Å².